The van der Waals surface area contributed by atoms with Gasteiger partial charge in [0.25, 0.3) is 5.91 Å². The van der Waals surface area contributed by atoms with Crippen molar-refractivity contribution in [2.45, 2.75) is 31.8 Å². The molecule has 1 N–H and O–H groups in total. The third kappa shape index (κ3) is 2.83. The minimum atomic E-state index is -1.25. The number of rotatable bonds is 4. The van der Waals surface area contributed by atoms with Crippen molar-refractivity contribution in [2.75, 3.05) is 26.3 Å². The van der Waals surface area contributed by atoms with Gasteiger partial charge in [-0.15, -0.1) is 0 Å². The molecule has 0 radical (unpaired) electrons. The lowest BCUT2D eigenvalue weighted by Crippen LogP contribution is -2.49. The van der Waals surface area contributed by atoms with E-state index in [0.29, 0.717) is 38.5 Å². The van der Waals surface area contributed by atoms with Crippen LogP contribution in [0, 0.1) is 5.92 Å². The first kappa shape index (κ1) is 14.5. The standard InChI is InChI=1S/C17H23NO3/c1-2-21-12-13-7-8-18(11-13)16(19)17(20)9-14-5-3-4-6-15(14)10-17/h3-6,13,20H,2,7-12H2,1H3. The van der Waals surface area contributed by atoms with E-state index in [0.717, 1.165) is 24.1 Å². The van der Waals surface area contributed by atoms with Crippen molar-refractivity contribution in [3.63, 3.8) is 0 Å². The first-order valence-electron chi connectivity index (χ1n) is 7.78. The van der Waals surface area contributed by atoms with Crippen molar-refractivity contribution >= 4 is 5.91 Å². The Hall–Kier alpha value is -1.39. The van der Waals surface area contributed by atoms with E-state index in [2.05, 4.69) is 0 Å². The zero-order chi connectivity index (χ0) is 14.9. The fraction of sp³-hybridized carbons (Fsp3) is 0.588. The Kier molecular flexibility index (Phi) is 4.00. The Bertz CT molecular complexity index is 504. The van der Waals surface area contributed by atoms with Crippen LogP contribution in [0.5, 0.6) is 0 Å². The monoisotopic (exact) mass is 289 g/mol. The summed E-state index contributed by atoms with van der Waals surface area (Å²) in [7, 11) is 0. The number of aliphatic hydroxyl groups is 1. The van der Waals surface area contributed by atoms with Crippen molar-refractivity contribution in [1.82, 2.24) is 4.90 Å². The molecule has 1 aliphatic heterocycles. The summed E-state index contributed by atoms with van der Waals surface area (Å²) in [5.74, 6) is 0.291. The molecule has 1 amide bonds. The van der Waals surface area contributed by atoms with Gasteiger partial charge in [0, 0.05) is 38.5 Å². The number of hydrogen-bond donors (Lipinski definition) is 1. The predicted molar refractivity (Wildman–Crippen MR) is 80.0 cm³/mol. The number of likely N-dealkylation sites (tertiary alicyclic amines) is 1. The lowest BCUT2D eigenvalue weighted by Gasteiger charge is -2.27. The Morgan fingerprint density at radius 2 is 2.05 bits per heavy atom. The van der Waals surface area contributed by atoms with Crippen molar-refractivity contribution in [2.24, 2.45) is 5.92 Å². The number of benzene rings is 1. The second-order valence-corrected chi connectivity index (χ2v) is 6.22. The lowest BCUT2D eigenvalue weighted by atomic mass is 9.98. The molecule has 1 aromatic rings. The van der Waals surface area contributed by atoms with Gasteiger partial charge in [0.05, 0.1) is 6.61 Å². The SMILES string of the molecule is CCOCC1CCN(C(=O)C2(O)Cc3ccccc3C2)C1. The van der Waals surface area contributed by atoms with Crippen molar-refractivity contribution in [3.05, 3.63) is 35.4 Å². The smallest absolute Gasteiger partial charge is 0.255 e. The van der Waals surface area contributed by atoms with Gasteiger partial charge in [-0.1, -0.05) is 24.3 Å². The molecule has 1 fully saturated rings. The van der Waals surface area contributed by atoms with Crippen LogP contribution in [0.25, 0.3) is 0 Å². The molecular formula is C17H23NO3. The van der Waals surface area contributed by atoms with E-state index < -0.39 is 5.60 Å². The highest BCUT2D eigenvalue weighted by atomic mass is 16.5. The Morgan fingerprint density at radius 3 is 2.67 bits per heavy atom. The van der Waals surface area contributed by atoms with E-state index in [1.807, 2.05) is 36.1 Å². The van der Waals surface area contributed by atoms with Gasteiger partial charge in [0.15, 0.2) is 5.60 Å². The molecule has 0 bridgehead atoms. The number of amides is 1. The fourth-order valence-electron chi connectivity index (χ4n) is 3.48. The summed E-state index contributed by atoms with van der Waals surface area (Å²) in [5.41, 5.74) is 0.946. The molecule has 1 aromatic carbocycles. The van der Waals surface area contributed by atoms with E-state index in [-0.39, 0.29) is 5.91 Å². The molecule has 2 aliphatic rings. The van der Waals surface area contributed by atoms with Gasteiger partial charge in [0.1, 0.15) is 0 Å². The van der Waals surface area contributed by atoms with Crippen LogP contribution in [0.15, 0.2) is 24.3 Å². The second kappa shape index (κ2) is 5.78. The van der Waals surface area contributed by atoms with Gasteiger partial charge >= 0.3 is 0 Å². The van der Waals surface area contributed by atoms with Gasteiger partial charge in [-0.25, -0.2) is 0 Å². The topological polar surface area (TPSA) is 49.8 Å². The fourth-order valence-corrected chi connectivity index (χ4v) is 3.48. The zero-order valence-corrected chi connectivity index (χ0v) is 12.5. The maximum absolute atomic E-state index is 12.7. The summed E-state index contributed by atoms with van der Waals surface area (Å²) in [6.45, 7) is 4.84. The third-order valence-electron chi connectivity index (χ3n) is 4.61. The van der Waals surface area contributed by atoms with Crippen molar-refractivity contribution in [3.8, 4) is 0 Å². The average molecular weight is 289 g/mol. The van der Waals surface area contributed by atoms with Crippen LogP contribution in [0.2, 0.25) is 0 Å². The quantitative estimate of drug-likeness (QED) is 0.911. The molecule has 114 valence electrons. The largest absolute Gasteiger partial charge is 0.381 e. The van der Waals surface area contributed by atoms with Gasteiger partial charge < -0.3 is 14.7 Å². The van der Waals surface area contributed by atoms with E-state index in [4.69, 9.17) is 4.74 Å². The normalized spacial score (nSPS) is 23.3. The molecule has 1 heterocycles. The highest BCUT2D eigenvalue weighted by molar-refractivity contribution is 5.87. The number of hydrogen-bond acceptors (Lipinski definition) is 3. The average Bonchev–Trinajstić information content (AvgIpc) is 3.08. The van der Waals surface area contributed by atoms with E-state index in [9.17, 15) is 9.90 Å². The minimum absolute atomic E-state index is 0.113. The maximum atomic E-state index is 12.7. The summed E-state index contributed by atoms with van der Waals surface area (Å²) in [6, 6.07) is 7.93. The lowest BCUT2D eigenvalue weighted by molar-refractivity contribution is -0.149. The predicted octanol–water partition coefficient (Wildman–Crippen LogP) is 1.40. The Balaban J connectivity index is 1.64. The van der Waals surface area contributed by atoms with Crippen LogP contribution in [0.4, 0.5) is 0 Å². The molecule has 1 unspecified atom stereocenters. The number of carbonyl (C=O) groups is 1. The molecule has 1 aliphatic carbocycles. The number of ether oxygens (including phenoxy) is 1. The number of nitrogens with zero attached hydrogens (tertiary/aromatic N) is 1. The van der Waals surface area contributed by atoms with Crippen LogP contribution >= 0.6 is 0 Å². The molecule has 1 atom stereocenters. The molecule has 1 saturated heterocycles. The third-order valence-corrected chi connectivity index (χ3v) is 4.61. The number of carbonyl (C=O) groups excluding carboxylic acids is 1. The van der Waals surface area contributed by atoms with Crippen LogP contribution in [-0.2, 0) is 22.4 Å². The van der Waals surface area contributed by atoms with Crippen LogP contribution < -0.4 is 0 Å². The van der Waals surface area contributed by atoms with Gasteiger partial charge in [0.2, 0.25) is 0 Å². The molecular weight excluding hydrogens is 266 g/mol. The highest BCUT2D eigenvalue weighted by Crippen LogP contribution is 2.32. The van der Waals surface area contributed by atoms with Crippen molar-refractivity contribution in [1.29, 1.82) is 0 Å². The van der Waals surface area contributed by atoms with Crippen LogP contribution in [0.1, 0.15) is 24.5 Å². The molecule has 0 aromatic heterocycles. The molecule has 0 saturated carbocycles. The highest BCUT2D eigenvalue weighted by Gasteiger charge is 2.45. The van der Waals surface area contributed by atoms with Gasteiger partial charge in [-0.2, -0.15) is 0 Å². The summed E-state index contributed by atoms with van der Waals surface area (Å²) < 4.78 is 5.45. The Morgan fingerprint density at radius 1 is 1.38 bits per heavy atom. The van der Waals surface area contributed by atoms with Crippen LogP contribution in [-0.4, -0.2) is 47.8 Å². The zero-order valence-electron chi connectivity index (χ0n) is 12.5. The minimum Gasteiger partial charge on any atom is -0.381 e. The summed E-state index contributed by atoms with van der Waals surface area (Å²) in [4.78, 5) is 14.5. The maximum Gasteiger partial charge on any atom is 0.255 e. The van der Waals surface area contributed by atoms with Crippen molar-refractivity contribution < 1.29 is 14.6 Å². The molecule has 4 nitrogen and oxygen atoms in total. The molecule has 3 rings (SSSR count). The first-order chi connectivity index (χ1) is 10.1. The van der Waals surface area contributed by atoms with E-state index in [1.54, 1.807) is 0 Å². The van der Waals surface area contributed by atoms with Gasteiger partial charge in [-0.3, -0.25) is 4.79 Å². The second-order valence-electron chi connectivity index (χ2n) is 6.22. The summed E-state index contributed by atoms with van der Waals surface area (Å²) in [6.07, 6.45) is 1.85. The molecule has 21 heavy (non-hydrogen) atoms. The number of fused-ring (bicyclic) bond motifs is 1. The van der Waals surface area contributed by atoms with E-state index >= 15 is 0 Å². The molecule has 0 spiro atoms. The molecule has 4 heteroatoms. The summed E-state index contributed by atoms with van der Waals surface area (Å²) in [5, 5.41) is 10.8. The van der Waals surface area contributed by atoms with Crippen LogP contribution in [0.3, 0.4) is 0 Å². The van der Waals surface area contributed by atoms with E-state index in [1.165, 1.54) is 0 Å². The summed E-state index contributed by atoms with van der Waals surface area (Å²) >= 11 is 0. The first-order valence-corrected chi connectivity index (χ1v) is 7.78. The van der Waals surface area contributed by atoms with Gasteiger partial charge in [-0.05, 0) is 24.5 Å². The Labute approximate surface area is 125 Å².